The summed E-state index contributed by atoms with van der Waals surface area (Å²) in [6, 6.07) is 3.36. The number of ketones is 1. The van der Waals surface area contributed by atoms with Gasteiger partial charge >= 0.3 is 0 Å². The first-order valence-electron chi connectivity index (χ1n) is 6.71. The van der Waals surface area contributed by atoms with E-state index in [9.17, 15) is 9.18 Å². The topological polar surface area (TPSA) is 17.1 Å². The highest BCUT2D eigenvalue weighted by Crippen LogP contribution is 2.30. The lowest BCUT2D eigenvalue weighted by molar-refractivity contribution is -0.118. The van der Waals surface area contributed by atoms with Crippen molar-refractivity contribution < 1.29 is 9.18 Å². The van der Waals surface area contributed by atoms with E-state index in [1.807, 2.05) is 26.8 Å². The molecule has 0 N–H and O–H groups in total. The largest absolute Gasteiger partial charge is 0.299 e. The van der Waals surface area contributed by atoms with E-state index in [1.165, 1.54) is 6.07 Å². The second-order valence-electron chi connectivity index (χ2n) is 5.41. The minimum atomic E-state index is -0.187. The lowest BCUT2D eigenvalue weighted by atomic mass is 9.85. The molecule has 0 aliphatic rings. The molecule has 0 fully saturated rings. The van der Waals surface area contributed by atoms with Gasteiger partial charge in [-0.25, -0.2) is 4.39 Å². The van der Waals surface area contributed by atoms with E-state index in [2.05, 4.69) is 13.8 Å². The molecule has 0 radical (unpaired) electrons. The van der Waals surface area contributed by atoms with Gasteiger partial charge in [0.05, 0.1) is 0 Å². The van der Waals surface area contributed by atoms with E-state index in [1.54, 1.807) is 0 Å². The van der Waals surface area contributed by atoms with Crippen LogP contribution < -0.4 is 0 Å². The molecule has 0 spiro atoms. The zero-order valence-corrected chi connectivity index (χ0v) is 12.0. The van der Waals surface area contributed by atoms with Gasteiger partial charge in [-0.05, 0) is 34.6 Å². The first-order valence-corrected chi connectivity index (χ1v) is 6.71. The van der Waals surface area contributed by atoms with Crippen molar-refractivity contribution in [1.82, 2.24) is 0 Å². The van der Waals surface area contributed by atoms with Gasteiger partial charge in [0.15, 0.2) is 0 Å². The van der Waals surface area contributed by atoms with E-state index >= 15 is 0 Å². The Kier molecular flexibility index (Phi) is 5.06. The summed E-state index contributed by atoms with van der Waals surface area (Å²) in [6.07, 6.45) is 0.862. The van der Waals surface area contributed by atoms with Crippen LogP contribution in [0.15, 0.2) is 12.1 Å². The van der Waals surface area contributed by atoms with Gasteiger partial charge in [0, 0.05) is 12.8 Å². The monoisotopic (exact) mass is 250 g/mol. The van der Waals surface area contributed by atoms with Gasteiger partial charge in [0.2, 0.25) is 0 Å². The standard InChI is InChI=1S/C16H23FO/c1-6-12(18)9-14-13(10(2)3)7-8-15(17)16(14)11(4)5/h7-8,10-11H,6,9H2,1-5H3. The van der Waals surface area contributed by atoms with E-state index in [4.69, 9.17) is 0 Å². The summed E-state index contributed by atoms with van der Waals surface area (Å²) in [7, 11) is 0. The van der Waals surface area contributed by atoms with Gasteiger partial charge in [0.25, 0.3) is 0 Å². The zero-order chi connectivity index (χ0) is 13.9. The van der Waals surface area contributed by atoms with E-state index in [-0.39, 0.29) is 17.5 Å². The lowest BCUT2D eigenvalue weighted by Gasteiger charge is -2.20. The van der Waals surface area contributed by atoms with Crippen LogP contribution >= 0.6 is 0 Å². The Hall–Kier alpha value is -1.18. The highest BCUT2D eigenvalue weighted by atomic mass is 19.1. The maximum atomic E-state index is 14.0. The maximum Gasteiger partial charge on any atom is 0.137 e. The molecule has 1 aromatic rings. The second kappa shape index (κ2) is 6.12. The average Bonchev–Trinajstić information content (AvgIpc) is 2.27. The van der Waals surface area contributed by atoms with Crippen LogP contribution in [0, 0.1) is 5.82 Å². The number of benzene rings is 1. The minimum absolute atomic E-state index is 0.100. The summed E-state index contributed by atoms with van der Waals surface area (Å²) < 4.78 is 14.0. The molecule has 1 aromatic carbocycles. The molecule has 0 aliphatic carbocycles. The SMILES string of the molecule is CCC(=O)Cc1c(C(C)C)ccc(F)c1C(C)C. The van der Waals surface area contributed by atoms with Crippen molar-refractivity contribution in [3.8, 4) is 0 Å². The molecular weight excluding hydrogens is 227 g/mol. The number of hydrogen-bond acceptors (Lipinski definition) is 1. The molecule has 100 valence electrons. The van der Waals surface area contributed by atoms with Crippen LogP contribution in [0.3, 0.4) is 0 Å². The Morgan fingerprint density at radius 1 is 1.17 bits per heavy atom. The number of hydrogen-bond donors (Lipinski definition) is 0. The first-order chi connectivity index (χ1) is 8.38. The first kappa shape index (κ1) is 14.9. The summed E-state index contributed by atoms with van der Waals surface area (Å²) in [6.45, 7) is 9.96. The summed E-state index contributed by atoms with van der Waals surface area (Å²) in [5.41, 5.74) is 2.72. The Morgan fingerprint density at radius 2 is 1.78 bits per heavy atom. The van der Waals surface area contributed by atoms with Crippen LogP contribution in [0.1, 0.15) is 69.6 Å². The van der Waals surface area contributed by atoms with E-state index in [0.717, 1.165) is 11.1 Å². The molecule has 18 heavy (non-hydrogen) atoms. The third-order valence-electron chi connectivity index (χ3n) is 3.31. The summed E-state index contributed by atoms with van der Waals surface area (Å²) in [5.74, 6) is 0.392. The molecule has 0 saturated heterocycles. The third kappa shape index (κ3) is 3.18. The van der Waals surface area contributed by atoms with Gasteiger partial charge in [-0.3, -0.25) is 4.79 Å². The number of carbonyl (C=O) groups is 1. The molecule has 0 bridgehead atoms. The van der Waals surface area contributed by atoms with Crippen molar-refractivity contribution in [3.63, 3.8) is 0 Å². The summed E-state index contributed by atoms with van der Waals surface area (Å²) >= 11 is 0. The van der Waals surface area contributed by atoms with Crippen LogP contribution in [0.25, 0.3) is 0 Å². The van der Waals surface area contributed by atoms with Gasteiger partial charge < -0.3 is 0 Å². The molecule has 1 nitrogen and oxygen atoms in total. The summed E-state index contributed by atoms with van der Waals surface area (Å²) in [5, 5.41) is 0. The van der Waals surface area contributed by atoms with E-state index < -0.39 is 0 Å². The molecule has 0 heterocycles. The molecule has 0 unspecified atom stereocenters. The Morgan fingerprint density at radius 3 is 2.22 bits per heavy atom. The van der Waals surface area contributed by atoms with Gasteiger partial charge in [0.1, 0.15) is 11.6 Å². The fourth-order valence-corrected chi connectivity index (χ4v) is 2.34. The quantitative estimate of drug-likeness (QED) is 0.746. The third-order valence-corrected chi connectivity index (χ3v) is 3.31. The van der Waals surface area contributed by atoms with Gasteiger partial charge in [-0.1, -0.05) is 40.7 Å². The van der Waals surface area contributed by atoms with Crippen LogP contribution in [0.4, 0.5) is 4.39 Å². The van der Waals surface area contributed by atoms with Crippen molar-refractivity contribution in [2.24, 2.45) is 0 Å². The normalized spacial score (nSPS) is 11.3. The number of halogens is 1. The van der Waals surface area contributed by atoms with Crippen LogP contribution in [-0.4, -0.2) is 5.78 Å². The average molecular weight is 250 g/mol. The molecule has 2 heteroatoms. The van der Waals surface area contributed by atoms with Crippen molar-refractivity contribution in [2.75, 3.05) is 0 Å². The molecular formula is C16H23FO. The fraction of sp³-hybridized carbons (Fsp3) is 0.562. The van der Waals surface area contributed by atoms with Crippen molar-refractivity contribution in [1.29, 1.82) is 0 Å². The second-order valence-corrected chi connectivity index (χ2v) is 5.41. The number of rotatable bonds is 5. The Bertz CT molecular complexity index is 433. The Balaban J connectivity index is 3.38. The molecule has 0 aliphatic heterocycles. The van der Waals surface area contributed by atoms with Crippen molar-refractivity contribution in [3.05, 3.63) is 34.6 Å². The number of Topliss-reactive ketones (excluding diaryl/α,β-unsaturated/α-hetero) is 1. The Labute approximate surface area is 109 Å². The van der Waals surface area contributed by atoms with E-state index in [0.29, 0.717) is 24.3 Å². The maximum absolute atomic E-state index is 14.0. The molecule has 1 rings (SSSR count). The lowest BCUT2D eigenvalue weighted by Crippen LogP contribution is -2.11. The van der Waals surface area contributed by atoms with Crippen molar-refractivity contribution in [2.45, 2.75) is 59.3 Å². The molecule has 0 aromatic heterocycles. The fourth-order valence-electron chi connectivity index (χ4n) is 2.34. The molecule has 0 saturated carbocycles. The van der Waals surface area contributed by atoms with Crippen LogP contribution in [0.5, 0.6) is 0 Å². The predicted molar refractivity (Wildman–Crippen MR) is 73.6 cm³/mol. The smallest absolute Gasteiger partial charge is 0.137 e. The highest BCUT2D eigenvalue weighted by Gasteiger charge is 2.19. The van der Waals surface area contributed by atoms with Crippen molar-refractivity contribution >= 4 is 5.78 Å². The summed E-state index contributed by atoms with van der Waals surface area (Å²) in [4.78, 5) is 11.7. The zero-order valence-electron chi connectivity index (χ0n) is 12.0. The highest BCUT2D eigenvalue weighted by molar-refractivity contribution is 5.81. The molecule has 0 atom stereocenters. The van der Waals surface area contributed by atoms with Crippen LogP contribution in [0.2, 0.25) is 0 Å². The number of carbonyl (C=O) groups excluding carboxylic acids is 1. The van der Waals surface area contributed by atoms with Crippen LogP contribution in [-0.2, 0) is 11.2 Å². The predicted octanol–water partition coefficient (Wildman–Crippen LogP) is 4.59. The molecule has 0 amide bonds. The minimum Gasteiger partial charge on any atom is -0.299 e. The van der Waals surface area contributed by atoms with Gasteiger partial charge in [-0.2, -0.15) is 0 Å². The van der Waals surface area contributed by atoms with Gasteiger partial charge in [-0.15, -0.1) is 0 Å².